The summed E-state index contributed by atoms with van der Waals surface area (Å²) in [7, 11) is -3.85. The van der Waals surface area contributed by atoms with Crippen molar-refractivity contribution in [1.82, 2.24) is 10.1 Å². The van der Waals surface area contributed by atoms with Gasteiger partial charge in [0.05, 0.1) is 10.6 Å². The average molecular weight is 457 g/mol. The number of hydrogen-bond donors (Lipinski definition) is 2. The van der Waals surface area contributed by atoms with Crippen LogP contribution in [0.5, 0.6) is 5.75 Å². The van der Waals surface area contributed by atoms with Crippen LogP contribution >= 0.6 is 0 Å². The minimum atomic E-state index is -3.85. The van der Waals surface area contributed by atoms with Crippen molar-refractivity contribution >= 4 is 27.5 Å². The molecule has 1 aliphatic rings. The fourth-order valence-corrected chi connectivity index (χ4v) is 4.52. The Morgan fingerprint density at radius 2 is 1.88 bits per heavy atom. The molecule has 0 bridgehead atoms. The molecule has 1 aromatic carbocycles. The lowest BCUT2D eigenvalue weighted by Gasteiger charge is -2.18. The first kappa shape index (κ1) is 21.8. The second-order valence-corrected chi connectivity index (χ2v) is 9.31. The predicted molar refractivity (Wildman–Crippen MR) is 118 cm³/mol. The second-order valence-electron chi connectivity index (χ2n) is 7.63. The molecule has 0 unspecified atom stereocenters. The monoisotopic (exact) mass is 456 g/mol. The number of nitrogens with zero attached hydrogens (tertiary/aromatic N) is 2. The van der Waals surface area contributed by atoms with Crippen LogP contribution in [0.25, 0.3) is 0 Å². The number of carbonyl (C=O) groups is 1. The van der Waals surface area contributed by atoms with E-state index in [2.05, 4.69) is 20.2 Å². The molecule has 32 heavy (non-hydrogen) atoms. The van der Waals surface area contributed by atoms with E-state index in [1.54, 1.807) is 26.1 Å². The fraction of sp³-hybridized carbons (Fsp3) is 0.318. The molecule has 2 aromatic heterocycles. The van der Waals surface area contributed by atoms with Gasteiger partial charge in [-0.15, -0.1) is 0 Å². The van der Waals surface area contributed by atoms with Gasteiger partial charge in [-0.25, -0.2) is 13.1 Å². The van der Waals surface area contributed by atoms with E-state index < -0.39 is 10.0 Å². The summed E-state index contributed by atoms with van der Waals surface area (Å²) in [5.74, 6) is 0.429. The number of amides is 1. The van der Waals surface area contributed by atoms with E-state index >= 15 is 0 Å². The molecule has 0 saturated heterocycles. The van der Waals surface area contributed by atoms with Crippen LogP contribution in [-0.4, -0.2) is 31.1 Å². The van der Waals surface area contributed by atoms with Gasteiger partial charge in [0.25, 0.3) is 15.9 Å². The van der Waals surface area contributed by atoms with Gasteiger partial charge < -0.3 is 14.6 Å². The van der Waals surface area contributed by atoms with Gasteiger partial charge in [0, 0.05) is 28.7 Å². The molecule has 168 valence electrons. The van der Waals surface area contributed by atoms with Gasteiger partial charge in [-0.05, 0) is 69.9 Å². The van der Waals surface area contributed by atoms with Gasteiger partial charge in [-0.3, -0.25) is 9.78 Å². The largest absolute Gasteiger partial charge is 0.483 e. The Kier molecular flexibility index (Phi) is 6.13. The molecule has 1 amide bonds. The Labute approximate surface area is 186 Å². The number of rotatable bonds is 7. The molecule has 3 aromatic rings. The Morgan fingerprint density at radius 3 is 2.59 bits per heavy atom. The summed E-state index contributed by atoms with van der Waals surface area (Å²) in [6.45, 7) is 3.29. The van der Waals surface area contributed by atoms with Crippen molar-refractivity contribution < 1.29 is 22.5 Å². The molecule has 1 aliphatic carbocycles. The van der Waals surface area contributed by atoms with Gasteiger partial charge in [-0.2, -0.15) is 0 Å². The highest BCUT2D eigenvalue weighted by molar-refractivity contribution is 7.92. The Balaban J connectivity index is 1.36. The number of ether oxygens (including phenoxy) is 1. The highest BCUT2D eigenvalue weighted by atomic mass is 32.2. The molecule has 2 heterocycles. The molecule has 4 rings (SSSR count). The summed E-state index contributed by atoms with van der Waals surface area (Å²) < 4.78 is 38.2. The van der Waals surface area contributed by atoms with Crippen LogP contribution in [0.3, 0.4) is 0 Å². The molecule has 9 nitrogen and oxygen atoms in total. The van der Waals surface area contributed by atoms with Crippen LogP contribution in [0.2, 0.25) is 0 Å². The van der Waals surface area contributed by atoms with Gasteiger partial charge in [0.1, 0.15) is 5.75 Å². The van der Waals surface area contributed by atoms with Gasteiger partial charge in [0.2, 0.25) is 5.88 Å². The molecule has 10 heteroatoms. The smallest absolute Gasteiger partial charge is 0.264 e. The Morgan fingerprint density at radius 1 is 1.12 bits per heavy atom. The number of benzene rings is 1. The number of carbonyl (C=O) groups excluding carboxylic acids is 1. The first-order valence-corrected chi connectivity index (χ1v) is 11.8. The normalized spacial score (nSPS) is 13.3. The number of pyridine rings is 1. The zero-order valence-electron chi connectivity index (χ0n) is 17.8. The van der Waals surface area contributed by atoms with Crippen molar-refractivity contribution in [1.29, 1.82) is 0 Å². The molecule has 0 saturated carbocycles. The Bertz CT molecular complexity index is 1240. The SMILES string of the molecule is Cc1noc(NS(=O)(=O)c2ccc(NC(=O)COc3ccnc4c3CCCC4)cc2)c1C. The quantitative estimate of drug-likeness (QED) is 0.558. The summed E-state index contributed by atoms with van der Waals surface area (Å²) >= 11 is 0. The van der Waals surface area contributed by atoms with Crippen molar-refractivity contribution in [2.75, 3.05) is 16.6 Å². The molecule has 0 aliphatic heterocycles. The van der Waals surface area contributed by atoms with Crippen molar-refractivity contribution in [3.8, 4) is 5.75 Å². The lowest BCUT2D eigenvalue weighted by Crippen LogP contribution is -2.21. The summed E-state index contributed by atoms with van der Waals surface area (Å²) in [4.78, 5) is 16.7. The van der Waals surface area contributed by atoms with Gasteiger partial charge in [-0.1, -0.05) is 5.16 Å². The number of fused-ring (bicyclic) bond motifs is 1. The fourth-order valence-electron chi connectivity index (χ4n) is 3.48. The zero-order valence-corrected chi connectivity index (χ0v) is 18.7. The van der Waals surface area contributed by atoms with Crippen LogP contribution in [-0.2, 0) is 27.7 Å². The van der Waals surface area contributed by atoms with Crippen LogP contribution in [0.1, 0.15) is 35.4 Å². The zero-order chi connectivity index (χ0) is 22.7. The lowest BCUT2D eigenvalue weighted by atomic mass is 9.95. The second kappa shape index (κ2) is 8.99. The molecule has 0 spiro atoms. The topological polar surface area (TPSA) is 123 Å². The number of hydrogen-bond acceptors (Lipinski definition) is 7. The third-order valence-electron chi connectivity index (χ3n) is 5.38. The standard InChI is InChI=1S/C22H24N4O5S/c1-14-15(2)25-31-22(14)26-32(28,29)17-9-7-16(8-10-17)24-21(27)13-30-20-11-12-23-19-6-4-3-5-18(19)20/h7-12,26H,3-6,13H2,1-2H3,(H,24,27). The minimum absolute atomic E-state index is 0.0311. The summed E-state index contributed by atoms with van der Waals surface area (Å²) in [5, 5.41) is 6.45. The van der Waals surface area contributed by atoms with Gasteiger partial charge in [0.15, 0.2) is 6.61 Å². The van der Waals surface area contributed by atoms with Gasteiger partial charge >= 0.3 is 0 Å². The molecular weight excluding hydrogens is 432 g/mol. The summed E-state index contributed by atoms with van der Waals surface area (Å²) in [6, 6.07) is 7.60. The maximum Gasteiger partial charge on any atom is 0.264 e. The van der Waals surface area contributed by atoms with E-state index in [9.17, 15) is 13.2 Å². The maximum absolute atomic E-state index is 12.6. The average Bonchev–Trinajstić information content (AvgIpc) is 3.09. The van der Waals surface area contributed by atoms with E-state index in [1.807, 2.05) is 0 Å². The minimum Gasteiger partial charge on any atom is -0.483 e. The van der Waals surface area contributed by atoms with Crippen LogP contribution in [0.15, 0.2) is 45.9 Å². The van der Waals surface area contributed by atoms with Crippen molar-refractivity contribution in [3.05, 3.63) is 59.0 Å². The molecule has 0 fully saturated rings. The van der Waals surface area contributed by atoms with Crippen molar-refractivity contribution in [3.63, 3.8) is 0 Å². The number of aromatic nitrogens is 2. The predicted octanol–water partition coefficient (Wildman–Crippen LogP) is 3.38. The summed E-state index contributed by atoms with van der Waals surface area (Å²) in [6.07, 6.45) is 5.73. The van der Waals surface area contributed by atoms with Crippen LogP contribution < -0.4 is 14.8 Å². The third kappa shape index (κ3) is 4.75. The molecule has 2 N–H and O–H groups in total. The Hall–Kier alpha value is -3.40. The first-order valence-electron chi connectivity index (χ1n) is 10.3. The number of aryl methyl sites for hydroxylation is 2. The van der Waals surface area contributed by atoms with E-state index in [0.29, 0.717) is 22.7 Å². The number of sulfonamides is 1. The highest BCUT2D eigenvalue weighted by Gasteiger charge is 2.19. The molecular formula is C22H24N4O5S. The number of anilines is 2. The molecule has 0 atom stereocenters. The van der Waals surface area contributed by atoms with E-state index in [-0.39, 0.29) is 23.3 Å². The van der Waals surface area contributed by atoms with Crippen LogP contribution in [0, 0.1) is 13.8 Å². The van der Waals surface area contributed by atoms with E-state index in [0.717, 1.165) is 36.9 Å². The van der Waals surface area contributed by atoms with E-state index in [4.69, 9.17) is 9.26 Å². The third-order valence-corrected chi connectivity index (χ3v) is 6.73. The van der Waals surface area contributed by atoms with Crippen molar-refractivity contribution in [2.24, 2.45) is 0 Å². The highest BCUT2D eigenvalue weighted by Crippen LogP contribution is 2.28. The summed E-state index contributed by atoms with van der Waals surface area (Å²) in [5.41, 5.74) is 3.80. The lowest BCUT2D eigenvalue weighted by molar-refractivity contribution is -0.118. The van der Waals surface area contributed by atoms with Crippen molar-refractivity contribution in [2.45, 2.75) is 44.4 Å². The van der Waals surface area contributed by atoms with E-state index in [1.165, 1.54) is 24.3 Å². The van der Waals surface area contributed by atoms with Crippen LogP contribution in [0.4, 0.5) is 11.6 Å². The maximum atomic E-state index is 12.6. The molecule has 0 radical (unpaired) electrons. The first-order chi connectivity index (χ1) is 15.3. The number of nitrogens with one attached hydrogen (secondary N) is 2.